The summed E-state index contributed by atoms with van der Waals surface area (Å²) in [5.74, 6) is -0.148. The zero-order valence-electron chi connectivity index (χ0n) is 16.5. The quantitative estimate of drug-likeness (QED) is 0.439. The van der Waals surface area contributed by atoms with E-state index in [2.05, 4.69) is 5.32 Å². The van der Waals surface area contributed by atoms with Gasteiger partial charge in [-0.3, -0.25) is 4.79 Å². The molecule has 0 bridgehead atoms. The molecule has 0 aliphatic heterocycles. The number of carbonyl (C=O) groups is 1. The second-order valence-corrected chi connectivity index (χ2v) is 6.76. The van der Waals surface area contributed by atoms with Crippen LogP contribution in [0.1, 0.15) is 29.7 Å². The van der Waals surface area contributed by atoms with Gasteiger partial charge in [0, 0.05) is 0 Å². The molecule has 3 rings (SSSR count). The van der Waals surface area contributed by atoms with E-state index in [9.17, 15) is 14.4 Å². The predicted molar refractivity (Wildman–Crippen MR) is 114 cm³/mol. The Labute approximate surface area is 175 Å². The highest BCUT2D eigenvalue weighted by molar-refractivity contribution is 6.01. The summed E-state index contributed by atoms with van der Waals surface area (Å²) in [6.45, 7) is 2.15. The summed E-state index contributed by atoms with van der Waals surface area (Å²) in [5.41, 5.74) is 2.47. The summed E-state index contributed by atoms with van der Waals surface area (Å²) >= 11 is 0. The Balaban J connectivity index is 1.67. The Morgan fingerprint density at radius 3 is 2.53 bits per heavy atom. The molecule has 1 unspecified atom stereocenters. The minimum atomic E-state index is -0.438. The van der Waals surface area contributed by atoms with Crippen LogP contribution in [-0.2, 0) is 11.4 Å². The van der Waals surface area contributed by atoms with Crippen LogP contribution >= 0.6 is 0 Å². The number of rotatable bonds is 7. The van der Waals surface area contributed by atoms with Crippen molar-refractivity contribution in [2.45, 2.75) is 19.6 Å². The van der Waals surface area contributed by atoms with Crippen LogP contribution in [0.15, 0.2) is 84.4 Å². The van der Waals surface area contributed by atoms with E-state index in [4.69, 9.17) is 4.74 Å². The fraction of sp³-hybridized carbons (Fsp3) is 0.120. The number of hydrogen-bond donors (Lipinski definition) is 1. The van der Waals surface area contributed by atoms with E-state index >= 15 is 0 Å². The summed E-state index contributed by atoms with van der Waals surface area (Å²) in [6.07, 6.45) is 1.53. The highest BCUT2D eigenvalue weighted by atomic mass is 19.1. The third-order valence-corrected chi connectivity index (χ3v) is 4.50. The van der Waals surface area contributed by atoms with Crippen molar-refractivity contribution in [2.24, 2.45) is 0 Å². The van der Waals surface area contributed by atoms with E-state index in [1.54, 1.807) is 36.4 Å². The molecule has 30 heavy (non-hydrogen) atoms. The molecule has 1 N–H and O–H groups in total. The van der Waals surface area contributed by atoms with Gasteiger partial charge in [-0.05, 0) is 54.0 Å². The highest BCUT2D eigenvalue weighted by Gasteiger charge is 2.13. The topological polar surface area (TPSA) is 62.1 Å². The first-order chi connectivity index (χ1) is 14.5. The SMILES string of the molecule is CC(NC(=O)/C(C#N)=C\c1cccc(OCc2ccc(F)cc2)c1)c1ccccc1. The van der Waals surface area contributed by atoms with Gasteiger partial charge in [0.05, 0.1) is 6.04 Å². The van der Waals surface area contributed by atoms with Crippen LogP contribution in [0.5, 0.6) is 5.75 Å². The van der Waals surface area contributed by atoms with Crippen molar-refractivity contribution < 1.29 is 13.9 Å². The molecular formula is C25H21FN2O2. The van der Waals surface area contributed by atoms with E-state index in [-0.39, 0.29) is 24.0 Å². The van der Waals surface area contributed by atoms with E-state index in [1.165, 1.54) is 18.2 Å². The van der Waals surface area contributed by atoms with Crippen LogP contribution in [0.3, 0.4) is 0 Å². The lowest BCUT2D eigenvalue weighted by molar-refractivity contribution is -0.117. The number of nitrogens with one attached hydrogen (secondary N) is 1. The van der Waals surface area contributed by atoms with Crippen LogP contribution in [0.25, 0.3) is 6.08 Å². The molecule has 0 aliphatic carbocycles. The largest absolute Gasteiger partial charge is 0.489 e. The smallest absolute Gasteiger partial charge is 0.262 e. The maximum atomic E-state index is 13.0. The Bertz CT molecular complexity index is 1070. The maximum Gasteiger partial charge on any atom is 0.262 e. The molecule has 3 aromatic carbocycles. The molecule has 0 heterocycles. The van der Waals surface area contributed by atoms with Crippen molar-refractivity contribution in [1.29, 1.82) is 5.26 Å². The van der Waals surface area contributed by atoms with E-state index in [0.717, 1.165) is 11.1 Å². The van der Waals surface area contributed by atoms with Crippen LogP contribution in [0.2, 0.25) is 0 Å². The minimum Gasteiger partial charge on any atom is -0.489 e. The van der Waals surface area contributed by atoms with Gasteiger partial charge < -0.3 is 10.1 Å². The molecule has 0 saturated carbocycles. The van der Waals surface area contributed by atoms with Crippen molar-refractivity contribution in [3.63, 3.8) is 0 Å². The van der Waals surface area contributed by atoms with Crippen LogP contribution < -0.4 is 10.1 Å². The van der Waals surface area contributed by atoms with Gasteiger partial charge in [0.25, 0.3) is 5.91 Å². The molecule has 4 nitrogen and oxygen atoms in total. The molecule has 1 amide bonds. The zero-order valence-corrected chi connectivity index (χ0v) is 16.5. The number of amides is 1. The Morgan fingerprint density at radius 1 is 1.10 bits per heavy atom. The molecule has 0 aromatic heterocycles. The molecular weight excluding hydrogens is 379 g/mol. The van der Waals surface area contributed by atoms with Crippen LogP contribution in [0.4, 0.5) is 4.39 Å². The molecule has 1 atom stereocenters. The maximum absolute atomic E-state index is 13.0. The first-order valence-electron chi connectivity index (χ1n) is 9.50. The Hall–Kier alpha value is -3.91. The van der Waals surface area contributed by atoms with Gasteiger partial charge in [-0.1, -0.05) is 54.6 Å². The standard InChI is InChI=1S/C25H21FN2O2/c1-18(21-7-3-2-4-8-21)28-25(29)22(16-27)14-20-6-5-9-24(15-20)30-17-19-10-12-23(26)13-11-19/h2-15,18H,17H2,1H3,(H,28,29)/b22-14-. The molecule has 150 valence electrons. The van der Waals surface area contributed by atoms with Gasteiger partial charge in [0.2, 0.25) is 0 Å². The Morgan fingerprint density at radius 2 is 1.83 bits per heavy atom. The number of hydrogen-bond acceptors (Lipinski definition) is 3. The first kappa shape index (κ1) is 20.8. The van der Waals surface area contributed by atoms with Crippen LogP contribution in [-0.4, -0.2) is 5.91 Å². The third kappa shape index (κ3) is 5.79. The van der Waals surface area contributed by atoms with Crippen molar-refractivity contribution in [1.82, 2.24) is 5.32 Å². The molecule has 0 aliphatic rings. The van der Waals surface area contributed by atoms with Gasteiger partial charge in [-0.25, -0.2) is 4.39 Å². The number of benzene rings is 3. The van der Waals surface area contributed by atoms with Crippen LogP contribution in [0, 0.1) is 17.1 Å². The number of carbonyl (C=O) groups excluding carboxylic acids is 1. The molecule has 0 fully saturated rings. The van der Waals surface area contributed by atoms with Gasteiger partial charge >= 0.3 is 0 Å². The third-order valence-electron chi connectivity index (χ3n) is 4.50. The lowest BCUT2D eigenvalue weighted by Gasteiger charge is -2.13. The van der Waals surface area contributed by atoms with E-state index in [0.29, 0.717) is 11.3 Å². The zero-order chi connectivity index (χ0) is 21.3. The Kier molecular flexibility index (Phi) is 6.96. The van der Waals surface area contributed by atoms with Gasteiger partial charge in [0.15, 0.2) is 0 Å². The van der Waals surface area contributed by atoms with Gasteiger partial charge in [0.1, 0.15) is 29.8 Å². The lowest BCUT2D eigenvalue weighted by atomic mass is 10.1. The van der Waals surface area contributed by atoms with Crippen molar-refractivity contribution in [2.75, 3.05) is 0 Å². The normalized spacial score (nSPS) is 12.0. The molecule has 0 radical (unpaired) electrons. The monoisotopic (exact) mass is 400 g/mol. The number of halogens is 1. The summed E-state index contributed by atoms with van der Waals surface area (Å²) in [6, 6.07) is 24.5. The average Bonchev–Trinajstić information content (AvgIpc) is 2.78. The average molecular weight is 400 g/mol. The first-order valence-corrected chi connectivity index (χ1v) is 9.50. The van der Waals surface area contributed by atoms with Gasteiger partial charge in [-0.2, -0.15) is 5.26 Å². The summed E-state index contributed by atoms with van der Waals surface area (Å²) < 4.78 is 18.7. The lowest BCUT2D eigenvalue weighted by Crippen LogP contribution is -2.27. The van der Waals surface area contributed by atoms with E-state index < -0.39 is 5.91 Å². The second-order valence-electron chi connectivity index (χ2n) is 6.76. The number of ether oxygens (including phenoxy) is 1. The fourth-order valence-electron chi connectivity index (χ4n) is 2.86. The second kappa shape index (κ2) is 10.0. The summed E-state index contributed by atoms with van der Waals surface area (Å²) in [5, 5.41) is 12.3. The van der Waals surface area contributed by atoms with Gasteiger partial charge in [-0.15, -0.1) is 0 Å². The molecule has 3 aromatic rings. The van der Waals surface area contributed by atoms with E-state index in [1.807, 2.05) is 43.3 Å². The number of nitriles is 1. The van der Waals surface area contributed by atoms with Crippen molar-refractivity contribution in [3.8, 4) is 11.8 Å². The highest BCUT2D eigenvalue weighted by Crippen LogP contribution is 2.18. The number of nitrogens with zero attached hydrogens (tertiary/aromatic N) is 1. The molecule has 5 heteroatoms. The minimum absolute atomic E-state index is 0.00784. The van der Waals surface area contributed by atoms with Crippen molar-refractivity contribution in [3.05, 3.63) is 107 Å². The van der Waals surface area contributed by atoms with Crippen molar-refractivity contribution >= 4 is 12.0 Å². The predicted octanol–water partition coefficient (Wildman–Crippen LogP) is 5.19. The summed E-state index contributed by atoms with van der Waals surface area (Å²) in [7, 11) is 0. The fourth-order valence-corrected chi connectivity index (χ4v) is 2.86. The molecule has 0 spiro atoms. The summed E-state index contributed by atoms with van der Waals surface area (Å²) in [4.78, 5) is 12.5. The molecule has 0 saturated heterocycles.